The Kier molecular flexibility index (Phi) is 8.71. The van der Waals surface area contributed by atoms with Crippen molar-refractivity contribution in [3.63, 3.8) is 0 Å². The number of hydrogen-bond donors (Lipinski definition) is 0. The summed E-state index contributed by atoms with van der Waals surface area (Å²) < 4.78 is 13.2. The molecule has 0 saturated carbocycles. The molecule has 0 saturated heterocycles. The Bertz CT molecular complexity index is 3520. The molecule has 0 fully saturated rings. The fourth-order valence-corrected chi connectivity index (χ4v) is 8.76. The minimum atomic E-state index is 0.505. The van der Waals surface area contributed by atoms with Gasteiger partial charge in [-0.15, -0.1) is 0 Å². The Balaban J connectivity index is 1.08. The zero-order chi connectivity index (χ0) is 41.7. The van der Waals surface area contributed by atoms with Crippen molar-refractivity contribution in [2.24, 2.45) is 0 Å². The Morgan fingerprint density at radius 3 is 1.37 bits per heavy atom. The smallest absolute Gasteiger partial charge is 0.167 e. The molecule has 0 aliphatic carbocycles. The summed E-state index contributed by atoms with van der Waals surface area (Å²) in [6.07, 6.45) is 0. The minimum Gasteiger partial charge on any atom is -0.456 e. The van der Waals surface area contributed by atoms with Gasteiger partial charge in [-0.3, -0.25) is 0 Å². The van der Waals surface area contributed by atoms with Gasteiger partial charge in [-0.05, 0) is 76.9 Å². The van der Waals surface area contributed by atoms with Gasteiger partial charge in [0, 0.05) is 38.7 Å². The van der Waals surface area contributed by atoms with E-state index in [-0.39, 0.29) is 0 Å². The highest BCUT2D eigenvalue weighted by atomic mass is 16.3. The molecule has 0 radical (unpaired) electrons. The molecule has 12 aromatic rings. The van der Waals surface area contributed by atoms with Crippen molar-refractivity contribution in [1.82, 2.24) is 15.0 Å². The molecule has 0 bridgehead atoms. The first-order valence-corrected chi connectivity index (χ1v) is 21.0. The van der Waals surface area contributed by atoms with E-state index in [0.717, 1.165) is 83.2 Å². The Morgan fingerprint density at radius 2 is 0.762 bits per heavy atom. The standard InChI is InChI=1S/C57H36N4O2/c1-4-15-37(16-5-1)39-27-31-42(32-28-39)61(43-33-29-40(30-34-43)38-17-6-2-7-18-38)48-36-35-47(54-53(48)45-22-11-13-25-50(45)63-54)57-59-55(41-19-8-3-9-20-41)58-56(60-57)46-23-14-26-51-52(46)44-21-10-12-24-49(44)62-51/h1-36H. The Labute approximate surface area is 363 Å². The first-order valence-electron chi connectivity index (χ1n) is 21.0. The fraction of sp³-hybridized carbons (Fsp3) is 0. The first-order chi connectivity index (χ1) is 31.2. The average Bonchev–Trinajstić information content (AvgIpc) is 3.95. The predicted molar refractivity (Wildman–Crippen MR) is 256 cm³/mol. The molecule has 0 aliphatic rings. The quantitative estimate of drug-likeness (QED) is 0.152. The number of para-hydroxylation sites is 2. The molecular formula is C57H36N4O2. The predicted octanol–water partition coefficient (Wildman–Crippen LogP) is 15.5. The summed E-state index contributed by atoms with van der Waals surface area (Å²) in [4.78, 5) is 17.9. The molecule has 63 heavy (non-hydrogen) atoms. The Hall–Kier alpha value is -8.61. The lowest BCUT2D eigenvalue weighted by Crippen LogP contribution is -2.10. The Morgan fingerprint density at radius 1 is 0.302 bits per heavy atom. The number of aromatic nitrogens is 3. The van der Waals surface area contributed by atoms with Gasteiger partial charge in [-0.1, -0.05) is 164 Å². The minimum absolute atomic E-state index is 0.505. The van der Waals surface area contributed by atoms with Gasteiger partial charge in [-0.2, -0.15) is 0 Å². The van der Waals surface area contributed by atoms with Gasteiger partial charge in [0.2, 0.25) is 0 Å². The van der Waals surface area contributed by atoms with Crippen molar-refractivity contribution < 1.29 is 8.83 Å². The number of nitrogens with zero attached hydrogens (tertiary/aromatic N) is 4. The lowest BCUT2D eigenvalue weighted by atomic mass is 10.0. The molecule has 3 heterocycles. The highest BCUT2D eigenvalue weighted by Gasteiger charge is 2.25. The van der Waals surface area contributed by atoms with Crippen LogP contribution >= 0.6 is 0 Å². The first kappa shape index (κ1) is 36.3. The third-order valence-corrected chi connectivity index (χ3v) is 11.8. The molecule has 0 atom stereocenters. The van der Waals surface area contributed by atoms with Crippen LogP contribution in [-0.4, -0.2) is 15.0 Å². The van der Waals surface area contributed by atoms with Crippen LogP contribution in [0, 0.1) is 0 Å². The van der Waals surface area contributed by atoms with Crippen molar-refractivity contribution in [2.75, 3.05) is 4.90 Å². The van der Waals surface area contributed by atoms with E-state index in [0.29, 0.717) is 23.1 Å². The molecule has 3 aromatic heterocycles. The largest absolute Gasteiger partial charge is 0.456 e. The molecule has 0 spiro atoms. The molecule has 0 unspecified atom stereocenters. The molecule has 0 aliphatic heterocycles. The SMILES string of the molecule is c1ccc(-c2ccc(N(c3ccc(-c4ccccc4)cc3)c3ccc(-c4nc(-c5ccccc5)nc(-c5cccc6oc7ccccc7c56)n4)c4oc5ccccc5c34)cc2)cc1. The zero-order valence-corrected chi connectivity index (χ0v) is 33.9. The molecule has 6 heteroatoms. The lowest BCUT2D eigenvalue weighted by molar-refractivity contribution is 0.668. The molecular weight excluding hydrogens is 773 g/mol. The van der Waals surface area contributed by atoms with Crippen molar-refractivity contribution in [3.05, 3.63) is 218 Å². The van der Waals surface area contributed by atoms with Crippen LogP contribution in [0.15, 0.2) is 227 Å². The summed E-state index contributed by atoms with van der Waals surface area (Å²) in [6, 6.07) is 75.2. The molecule has 0 N–H and O–H groups in total. The monoisotopic (exact) mass is 808 g/mol. The summed E-state index contributed by atoms with van der Waals surface area (Å²) in [7, 11) is 0. The van der Waals surface area contributed by atoms with Crippen LogP contribution < -0.4 is 4.90 Å². The maximum atomic E-state index is 6.92. The van der Waals surface area contributed by atoms with Crippen molar-refractivity contribution in [2.45, 2.75) is 0 Å². The van der Waals surface area contributed by atoms with Crippen molar-refractivity contribution in [1.29, 1.82) is 0 Å². The molecule has 6 nitrogen and oxygen atoms in total. The third kappa shape index (κ3) is 6.40. The van der Waals surface area contributed by atoms with Gasteiger partial charge >= 0.3 is 0 Å². The van der Waals surface area contributed by atoms with Crippen LogP contribution in [0.1, 0.15) is 0 Å². The average molecular weight is 809 g/mol. The van der Waals surface area contributed by atoms with Crippen LogP contribution in [0.3, 0.4) is 0 Å². The summed E-state index contributed by atoms with van der Waals surface area (Å²) in [5.74, 6) is 1.61. The zero-order valence-electron chi connectivity index (χ0n) is 33.9. The number of rotatable bonds is 8. The second-order valence-corrected chi connectivity index (χ2v) is 15.5. The summed E-state index contributed by atoms with van der Waals surface area (Å²) >= 11 is 0. The van der Waals surface area contributed by atoms with E-state index in [4.69, 9.17) is 23.8 Å². The summed E-state index contributed by atoms with van der Waals surface area (Å²) in [5.41, 5.74) is 13.1. The molecule has 12 rings (SSSR count). The number of fused-ring (bicyclic) bond motifs is 6. The molecule has 0 amide bonds. The van der Waals surface area contributed by atoms with E-state index < -0.39 is 0 Å². The highest BCUT2D eigenvalue weighted by Crippen LogP contribution is 2.47. The summed E-state index contributed by atoms with van der Waals surface area (Å²) in [6.45, 7) is 0. The molecule has 9 aromatic carbocycles. The van der Waals surface area contributed by atoms with Gasteiger partial charge in [-0.25, -0.2) is 15.0 Å². The number of hydrogen-bond acceptors (Lipinski definition) is 6. The van der Waals surface area contributed by atoms with Gasteiger partial charge in [0.05, 0.1) is 16.6 Å². The number of anilines is 3. The molecule has 296 valence electrons. The van der Waals surface area contributed by atoms with Crippen LogP contribution in [0.2, 0.25) is 0 Å². The topological polar surface area (TPSA) is 68.2 Å². The maximum absolute atomic E-state index is 6.92. The van der Waals surface area contributed by atoms with Crippen LogP contribution in [0.4, 0.5) is 17.1 Å². The highest BCUT2D eigenvalue weighted by molar-refractivity contribution is 6.17. The van der Waals surface area contributed by atoms with E-state index in [1.165, 1.54) is 11.1 Å². The van der Waals surface area contributed by atoms with Gasteiger partial charge in [0.15, 0.2) is 17.5 Å². The van der Waals surface area contributed by atoms with Crippen LogP contribution in [0.25, 0.3) is 100 Å². The number of furan rings is 2. The van der Waals surface area contributed by atoms with E-state index in [1.807, 2.05) is 84.9 Å². The van der Waals surface area contributed by atoms with Crippen molar-refractivity contribution in [3.8, 4) is 56.4 Å². The van der Waals surface area contributed by atoms with Crippen LogP contribution in [0.5, 0.6) is 0 Å². The van der Waals surface area contributed by atoms with E-state index in [9.17, 15) is 0 Å². The van der Waals surface area contributed by atoms with E-state index in [1.54, 1.807) is 0 Å². The fourth-order valence-electron chi connectivity index (χ4n) is 8.76. The van der Waals surface area contributed by atoms with Gasteiger partial charge < -0.3 is 13.7 Å². The summed E-state index contributed by atoms with van der Waals surface area (Å²) in [5, 5.41) is 3.90. The van der Waals surface area contributed by atoms with Crippen molar-refractivity contribution >= 4 is 60.9 Å². The third-order valence-electron chi connectivity index (χ3n) is 11.8. The maximum Gasteiger partial charge on any atom is 0.167 e. The van der Waals surface area contributed by atoms with E-state index >= 15 is 0 Å². The van der Waals surface area contributed by atoms with E-state index in [2.05, 4.69) is 138 Å². The van der Waals surface area contributed by atoms with Crippen LogP contribution in [-0.2, 0) is 0 Å². The van der Waals surface area contributed by atoms with Gasteiger partial charge in [0.25, 0.3) is 0 Å². The second kappa shape index (κ2) is 15.1. The van der Waals surface area contributed by atoms with Gasteiger partial charge in [0.1, 0.15) is 22.3 Å². The lowest BCUT2D eigenvalue weighted by Gasteiger charge is -2.27. The second-order valence-electron chi connectivity index (χ2n) is 15.5. The number of benzene rings is 9. The normalized spacial score (nSPS) is 11.5.